The third kappa shape index (κ3) is 4.08. The molecule has 1 nitrogen and oxygen atoms in total. The fourth-order valence-corrected chi connectivity index (χ4v) is 4.82. The Bertz CT molecular complexity index is 377. The van der Waals surface area contributed by atoms with E-state index in [4.69, 9.17) is 0 Å². The average molecular weight is 294 g/mol. The zero-order chi connectivity index (χ0) is 14.4. The molecule has 0 bridgehead atoms. The molecule has 1 aromatic heterocycles. The largest absolute Gasteiger partial charge is 0.312 e. The molecule has 1 heterocycles. The number of unbranched alkanes of at least 4 members (excludes halogenated alkanes) is 1. The first-order chi connectivity index (χ1) is 9.78. The van der Waals surface area contributed by atoms with Gasteiger partial charge in [-0.05, 0) is 50.3 Å². The van der Waals surface area contributed by atoms with E-state index in [2.05, 4.69) is 38.3 Å². The Balaban J connectivity index is 1.90. The van der Waals surface area contributed by atoms with Crippen LogP contribution >= 0.6 is 11.3 Å². The molecular weight excluding hydrogens is 262 g/mol. The lowest BCUT2D eigenvalue weighted by atomic mass is 9.76. The number of nitrogens with one attached hydrogen (secondary N) is 1. The molecule has 0 spiro atoms. The molecule has 20 heavy (non-hydrogen) atoms. The normalized spacial score (nSPS) is 24.8. The summed E-state index contributed by atoms with van der Waals surface area (Å²) in [6.07, 6.45) is 11.2. The van der Waals surface area contributed by atoms with E-state index in [-0.39, 0.29) is 0 Å². The zero-order valence-electron chi connectivity index (χ0n) is 13.5. The maximum absolute atomic E-state index is 3.59. The first-order valence-electron chi connectivity index (χ1n) is 8.54. The van der Waals surface area contributed by atoms with Crippen LogP contribution in [-0.4, -0.2) is 7.05 Å². The molecule has 0 amide bonds. The standard InChI is InChI=1S/C18H31NS/c1-4-6-7-14-8-10-15(11-9-14)18(19-3)17-13-12-16(5-2)20-17/h12-15,18-19H,4-11H2,1-3H3. The highest BCUT2D eigenvalue weighted by atomic mass is 32.1. The molecule has 0 aliphatic heterocycles. The second kappa shape index (κ2) is 8.19. The van der Waals surface area contributed by atoms with Gasteiger partial charge in [0, 0.05) is 15.8 Å². The van der Waals surface area contributed by atoms with Crippen molar-refractivity contribution in [1.29, 1.82) is 0 Å². The van der Waals surface area contributed by atoms with Crippen LogP contribution in [0.1, 0.15) is 74.6 Å². The minimum absolute atomic E-state index is 0.590. The minimum atomic E-state index is 0.590. The monoisotopic (exact) mass is 293 g/mol. The van der Waals surface area contributed by atoms with Crippen LogP contribution in [-0.2, 0) is 6.42 Å². The molecular formula is C18H31NS. The summed E-state index contributed by atoms with van der Waals surface area (Å²) >= 11 is 2.01. The van der Waals surface area contributed by atoms with Crippen molar-refractivity contribution in [1.82, 2.24) is 5.32 Å². The van der Waals surface area contributed by atoms with Crippen LogP contribution in [0.3, 0.4) is 0 Å². The molecule has 0 saturated heterocycles. The van der Waals surface area contributed by atoms with Crippen molar-refractivity contribution in [3.63, 3.8) is 0 Å². The number of aryl methyl sites for hydroxylation is 1. The van der Waals surface area contributed by atoms with Gasteiger partial charge < -0.3 is 5.32 Å². The summed E-state index contributed by atoms with van der Waals surface area (Å²) in [4.78, 5) is 3.08. The smallest absolute Gasteiger partial charge is 0.0441 e. The third-order valence-corrected chi connectivity index (χ3v) is 6.29. The fraction of sp³-hybridized carbons (Fsp3) is 0.778. The number of rotatable bonds is 7. The van der Waals surface area contributed by atoms with E-state index in [1.807, 2.05) is 11.3 Å². The van der Waals surface area contributed by atoms with Gasteiger partial charge in [0.1, 0.15) is 0 Å². The van der Waals surface area contributed by atoms with E-state index >= 15 is 0 Å². The molecule has 2 rings (SSSR count). The minimum Gasteiger partial charge on any atom is -0.312 e. The Morgan fingerprint density at radius 2 is 1.95 bits per heavy atom. The van der Waals surface area contributed by atoms with Gasteiger partial charge in [-0.15, -0.1) is 11.3 Å². The van der Waals surface area contributed by atoms with E-state index in [0.29, 0.717) is 6.04 Å². The Labute approximate surface area is 129 Å². The summed E-state index contributed by atoms with van der Waals surface area (Å²) in [7, 11) is 2.14. The van der Waals surface area contributed by atoms with Gasteiger partial charge in [-0.2, -0.15) is 0 Å². The Kier molecular flexibility index (Phi) is 6.57. The van der Waals surface area contributed by atoms with Gasteiger partial charge in [0.25, 0.3) is 0 Å². The second-order valence-electron chi connectivity index (χ2n) is 6.35. The summed E-state index contributed by atoms with van der Waals surface area (Å²) in [5.41, 5.74) is 0. The van der Waals surface area contributed by atoms with Crippen molar-refractivity contribution in [2.45, 2.75) is 71.3 Å². The first-order valence-corrected chi connectivity index (χ1v) is 9.36. The van der Waals surface area contributed by atoms with Crippen LogP contribution in [0.2, 0.25) is 0 Å². The molecule has 1 atom stereocenters. The fourth-order valence-electron chi connectivity index (χ4n) is 3.66. The van der Waals surface area contributed by atoms with Crippen LogP contribution in [0.15, 0.2) is 12.1 Å². The van der Waals surface area contributed by atoms with E-state index < -0.39 is 0 Å². The van der Waals surface area contributed by atoms with Gasteiger partial charge >= 0.3 is 0 Å². The predicted molar refractivity (Wildman–Crippen MR) is 90.5 cm³/mol. The second-order valence-corrected chi connectivity index (χ2v) is 7.55. The summed E-state index contributed by atoms with van der Waals surface area (Å²) in [6.45, 7) is 4.56. The number of hydrogen-bond donors (Lipinski definition) is 1. The highest BCUT2D eigenvalue weighted by Crippen LogP contribution is 2.40. The van der Waals surface area contributed by atoms with Crippen molar-refractivity contribution in [3.8, 4) is 0 Å². The number of hydrogen-bond acceptors (Lipinski definition) is 2. The lowest BCUT2D eigenvalue weighted by Crippen LogP contribution is -2.28. The molecule has 1 fully saturated rings. The van der Waals surface area contributed by atoms with Crippen molar-refractivity contribution >= 4 is 11.3 Å². The molecule has 1 unspecified atom stereocenters. The van der Waals surface area contributed by atoms with Crippen LogP contribution in [0.25, 0.3) is 0 Å². The maximum atomic E-state index is 3.59. The van der Waals surface area contributed by atoms with Gasteiger partial charge in [-0.25, -0.2) is 0 Å². The molecule has 1 aliphatic carbocycles. The molecule has 1 aromatic rings. The van der Waals surface area contributed by atoms with Crippen molar-refractivity contribution in [2.24, 2.45) is 11.8 Å². The summed E-state index contributed by atoms with van der Waals surface area (Å²) < 4.78 is 0. The lowest BCUT2D eigenvalue weighted by molar-refractivity contribution is 0.219. The van der Waals surface area contributed by atoms with E-state index in [1.165, 1.54) is 56.2 Å². The molecule has 1 saturated carbocycles. The van der Waals surface area contributed by atoms with Gasteiger partial charge in [0.2, 0.25) is 0 Å². The topological polar surface area (TPSA) is 12.0 Å². The highest BCUT2D eigenvalue weighted by molar-refractivity contribution is 7.12. The summed E-state index contributed by atoms with van der Waals surface area (Å²) in [5, 5.41) is 3.59. The molecule has 0 aromatic carbocycles. The maximum Gasteiger partial charge on any atom is 0.0441 e. The van der Waals surface area contributed by atoms with Crippen LogP contribution in [0, 0.1) is 11.8 Å². The van der Waals surface area contributed by atoms with Crippen LogP contribution in [0.5, 0.6) is 0 Å². The highest BCUT2D eigenvalue weighted by Gasteiger charge is 2.28. The molecule has 114 valence electrons. The zero-order valence-corrected chi connectivity index (χ0v) is 14.3. The quantitative estimate of drug-likeness (QED) is 0.693. The van der Waals surface area contributed by atoms with E-state index in [1.54, 1.807) is 4.88 Å². The SMILES string of the molecule is CCCCC1CCC(C(NC)c2ccc(CC)s2)CC1. The lowest BCUT2D eigenvalue weighted by Gasteiger charge is -2.33. The van der Waals surface area contributed by atoms with Crippen molar-refractivity contribution in [2.75, 3.05) is 7.05 Å². The van der Waals surface area contributed by atoms with E-state index in [9.17, 15) is 0 Å². The third-order valence-electron chi connectivity index (χ3n) is 4.98. The van der Waals surface area contributed by atoms with Crippen LogP contribution in [0.4, 0.5) is 0 Å². The van der Waals surface area contributed by atoms with Crippen molar-refractivity contribution in [3.05, 3.63) is 21.9 Å². The van der Waals surface area contributed by atoms with Gasteiger partial charge in [0.15, 0.2) is 0 Å². The summed E-state index contributed by atoms with van der Waals surface area (Å²) in [5.74, 6) is 1.86. The summed E-state index contributed by atoms with van der Waals surface area (Å²) in [6, 6.07) is 5.26. The van der Waals surface area contributed by atoms with Crippen LogP contribution < -0.4 is 5.32 Å². The van der Waals surface area contributed by atoms with Gasteiger partial charge in [-0.1, -0.05) is 46.0 Å². The molecule has 2 heteroatoms. The molecule has 0 radical (unpaired) electrons. The van der Waals surface area contributed by atoms with Gasteiger partial charge in [-0.3, -0.25) is 0 Å². The predicted octanol–water partition coefficient (Wildman–Crippen LogP) is 5.57. The Morgan fingerprint density at radius 1 is 1.20 bits per heavy atom. The molecule has 1 N–H and O–H groups in total. The number of thiophene rings is 1. The van der Waals surface area contributed by atoms with Gasteiger partial charge in [0.05, 0.1) is 0 Å². The Hall–Kier alpha value is -0.340. The van der Waals surface area contributed by atoms with Crippen molar-refractivity contribution < 1.29 is 0 Å². The molecule has 1 aliphatic rings. The van der Waals surface area contributed by atoms with E-state index in [0.717, 1.165) is 11.8 Å². The average Bonchev–Trinajstić information content (AvgIpc) is 2.96. The first kappa shape index (κ1) is 16.0. The Morgan fingerprint density at radius 3 is 2.50 bits per heavy atom.